The molecule has 94 valence electrons. The lowest BCUT2D eigenvalue weighted by molar-refractivity contribution is 0.112. The molecule has 17 heavy (non-hydrogen) atoms. The zero-order valence-corrected chi connectivity index (χ0v) is 11.5. The number of likely N-dealkylation sites (N-methyl/N-ethyl adjacent to an activating group) is 1. The van der Waals surface area contributed by atoms with E-state index in [1.807, 2.05) is 0 Å². The van der Waals surface area contributed by atoms with Crippen molar-refractivity contribution in [3.05, 3.63) is 21.9 Å². The lowest BCUT2D eigenvalue weighted by Crippen LogP contribution is -2.31. The third-order valence-electron chi connectivity index (χ3n) is 2.55. The molecule has 0 bridgehead atoms. The number of nitrogens with zero attached hydrogens (tertiary/aromatic N) is 1. The number of hydrogen-bond donors (Lipinski definition) is 1. The fourth-order valence-corrected chi connectivity index (χ4v) is 2.33. The summed E-state index contributed by atoms with van der Waals surface area (Å²) in [6.45, 7) is 4.25. The second-order valence-corrected chi connectivity index (χ2v) is 5.02. The van der Waals surface area contributed by atoms with Crippen LogP contribution >= 0.6 is 11.3 Å². The predicted octanol–water partition coefficient (Wildman–Crippen LogP) is 1.53. The van der Waals surface area contributed by atoms with Crippen LogP contribution in [0.2, 0.25) is 0 Å². The lowest BCUT2D eigenvalue weighted by Gasteiger charge is -2.23. The number of thiophene rings is 1. The smallest absolute Gasteiger partial charge is 0.0615 e. The second kappa shape index (κ2) is 7.46. The van der Waals surface area contributed by atoms with Gasteiger partial charge in [0.15, 0.2) is 0 Å². The summed E-state index contributed by atoms with van der Waals surface area (Å²) in [6.07, 6.45) is 0. The van der Waals surface area contributed by atoms with Crippen LogP contribution in [0.1, 0.15) is 17.4 Å². The van der Waals surface area contributed by atoms with Gasteiger partial charge in [-0.1, -0.05) is 11.8 Å². The first-order valence-electron chi connectivity index (χ1n) is 5.63. The minimum Gasteiger partial charge on any atom is -0.383 e. The molecular formula is C13H20N2OS. The second-order valence-electron chi connectivity index (χ2n) is 4.03. The molecular weight excluding hydrogens is 232 g/mol. The molecule has 0 saturated heterocycles. The van der Waals surface area contributed by atoms with Gasteiger partial charge >= 0.3 is 0 Å². The van der Waals surface area contributed by atoms with Crippen molar-refractivity contribution in [3.63, 3.8) is 0 Å². The summed E-state index contributed by atoms with van der Waals surface area (Å²) in [7, 11) is 3.84. The van der Waals surface area contributed by atoms with Crippen molar-refractivity contribution in [2.45, 2.75) is 19.5 Å². The monoisotopic (exact) mass is 252 g/mol. The molecule has 2 N–H and O–H groups in total. The highest BCUT2D eigenvalue weighted by Gasteiger charge is 2.10. The number of methoxy groups -OCH3 is 1. The van der Waals surface area contributed by atoms with E-state index in [-0.39, 0.29) is 0 Å². The van der Waals surface area contributed by atoms with Crippen molar-refractivity contribution in [2.24, 2.45) is 5.73 Å². The molecule has 0 saturated carbocycles. The van der Waals surface area contributed by atoms with Crippen molar-refractivity contribution in [3.8, 4) is 11.8 Å². The summed E-state index contributed by atoms with van der Waals surface area (Å²) in [5.74, 6) is 5.91. The number of nitrogens with two attached hydrogens (primary N) is 1. The Labute approximate surface area is 108 Å². The van der Waals surface area contributed by atoms with Crippen molar-refractivity contribution in [1.82, 2.24) is 4.90 Å². The van der Waals surface area contributed by atoms with Gasteiger partial charge in [-0.2, -0.15) is 0 Å². The normalized spacial score (nSPS) is 12.3. The van der Waals surface area contributed by atoms with E-state index in [9.17, 15) is 0 Å². The van der Waals surface area contributed by atoms with Gasteiger partial charge in [0, 0.05) is 35.5 Å². The van der Waals surface area contributed by atoms with Gasteiger partial charge in [0.05, 0.1) is 13.2 Å². The fourth-order valence-electron chi connectivity index (χ4n) is 1.45. The molecule has 0 fully saturated rings. The average Bonchev–Trinajstić information content (AvgIpc) is 2.74. The summed E-state index contributed by atoms with van der Waals surface area (Å²) in [4.78, 5) is 3.59. The largest absolute Gasteiger partial charge is 0.383 e. The van der Waals surface area contributed by atoms with E-state index in [4.69, 9.17) is 10.5 Å². The average molecular weight is 252 g/mol. The number of hydrogen-bond acceptors (Lipinski definition) is 4. The van der Waals surface area contributed by atoms with Gasteiger partial charge in [-0.15, -0.1) is 11.3 Å². The van der Waals surface area contributed by atoms with Crippen LogP contribution in [-0.2, 0) is 11.3 Å². The van der Waals surface area contributed by atoms with Crippen LogP contribution in [0.4, 0.5) is 0 Å². The molecule has 0 radical (unpaired) electrons. The molecule has 0 aliphatic rings. The van der Waals surface area contributed by atoms with Crippen molar-refractivity contribution in [1.29, 1.82) is 0 Å². The molecule has 0 aromatic carbocycles. The summed E-state index contributed by atoms with van der Waals surface area (Å²) in [5.41, 5.74) is 6.40. The first-order chi connectivity index (χ1) is 8.17. The quantitative estimate of drug-likeness (QED) is 0.808. The first-order valence-corrected chi connectivity index (χ1v) is 6.51. The summed E-state index contributed by atoms with van der Waals surface area (Å²) < 4.78 is 5.15. The van der Waals surface area contributed by atoms with Gasteiger partial charge in [-0.25, -0.2) is 0 Å². The molecule has 4 heteroatoms. The highest BCUT2D eigenvalue weighted by atomic mass is 32.1. The molecule has 1 rings (SSSR count). The molecule has 0 amide bonds. The third kappa shape index (κ3) is 4.88. The van der Waals surface area contributed by atoms with Crippen molar-refractivity contribution >= 4 is 11.3 Å². The minimum absolute atomic E-state index is 0.413. The Balaban J connectivity index is 2.54. The van der Waals surface area contributed by atoms with Gasteiger partial charge in [0.2, 0.25) is 0 Å². The molecule has 1 unspecified atom stereocenters. The van der Waals surface area contributed by atoms with Crippen LogP contribution < -0.4 is 5.73 Å². The van der Waals surface area contributed by atoms with Gasteiger partial charge in [-0.05, 0) is 20.0 Å². The SMILES string of the molecule is COCC(C)N(C)Cc1cc(C#CCN)cs1. The standard InChI is InChI=1S/C13H20N2OS/c1-11(9-16-3)15(2)8-13-7-12(10-17-13)5-4-6-14/h7,10-11H,6,8-9,14H2,1-3H3. The minimum atomic E-state index is 0.413. The van der Waals surface area contributed by atoms with E-state index in [0.29, 0.717) is 12.6 Å². The van der Waals surface area contributed by atoms with Crippen LogP contribution in [0, 0.1) is 11.8 Å². The van der Waals surface area contributed by atoms with Crippen molar-refractivity contribution in [2.75, 3.05) is 27.3 Å². The van der Waals surface area contributed by atoms with E-state index in [1.165, 1.54) is 4.88 Å². The molecule has 0 spiro atoms. The van der Waals surface area contributed by atoms with Crippen LogP contribution in [0.5, 0.6) is 0 Å². The number of ether oxygens (including phenoxy) is 1. The maximum absolute atomic E-state index is 5.34. The Morgan fingerprint density at radius 3 is 3.00 bits per heavy atom. The Morgan fingerprint density at radius 2 is 2.35 bits per heavy atom. The van der Waals surface area contributed by atoms with Gasteiger partial charge < -0.3 is 10.5 Å². The van der Waals surface area contributed by atoms with E-state index in [2.05, 4.69) is 42.2 Å². The predicted molar refractivity (Wildman–Crippen MR) is 73.1 cm³/mol. The lowest BCUT2D eigenvalue weighted by atomic mass is 10.2. The zero-order valence-electron chi connectivity index (χ0n) is 10.7. The van der Waals surface area contributed by atoms with Crippen molar-refractivity contribution < 1.29 is 4.74 Å². The van der Waals surface area contributed by atoms with Crippen LogP contribution in [-0.4, -0.2) is 38.3 Å². The first kappa shape index (κ1) is 14.2. The zero-order chi connectivity index (χ0) is 12.7. The Hall–Kier alpha value is -0.860. The Bertz CT molecular complexity index is 392. The maximum atomic E-state index is 5.34. The number of rotatable bonds is 5. The van der Waals surface area contributed by atoms with Gasteiger partial charge in [-0.3, -0.25) is 4.90 Å². The molecule has 0 aliphatic heterocycles. The summed E-state index contributed by atoms with van der Waals surface area (Å²) in [6, 6.07) is 2.55. The maximum Gasteiger partial charge on any atom is 0.0615 e. The van der Waals surface area contributed by atoms with E-state index in [1.54, 1.807) is 18.4 Å². The Morgan fingerprint density at radius 1 is 1.59 bits per heavy atom. The summed E-state index contributed by atoms with van der Waals surface area (Å²) >= 11 is 1.74. The molecule has 1 heterocycles. The topological polar surface area (TPSA) is 38.5 Å². The molecule has 3 nitrogen and oxygen atoms in total. The molecule has 1 atom stereocenters. The fraction of sp³-hybridized carbons (Fsp3) is 0.538. The third-order valence-corrected chi connectivity index (χ3v) is 3.48. The van der Waals surface area contributed by atoms with Crippen LogP contribution in [0.15, 0.2) is 11.4 Å². The van der Waals surface area contributed by atoms with Gasteiger partial charge in [0.25, 0.3) is 0 Å². The molecule has 0 aliphatic carbocycles. The van der Waals surface area contributed by atoms with E-state index in [0.717, 1.165) is 18.7 Å². The van der Waals surface area contributed by atoms with Crippen LogP contribution in [0.3, 0.4) is 0 Å². The molecule has 1 aromatic rings. The highest BCUT2D eigenvalue weighted by molar-refractivity contribution is 7.10. The summed E-state index contributed by atoms with van der Waals surface area (Å²) in [5, 5.41) is 2.08. The van der Waals surface area contributed by atoms with Crippen LogP contribution in [0.25, 0.3) is 0 Å². The van der Waals surface area contributed by atoms with E-state index >= 15 is 0 Å². The highest BCUT2D eigenvalue weighted by Crippen LogP contribution is 2.16. The van der Waals surface area contributed by atoms with E-state index < -0.39 is 0 Å². The van der Waals surface area contributed by atoms with Gasteiger partial charge in [0.1, 0.15) is 0 Å². The molecule has 1 aromatic heterocycles. The Kier molecular flexibility index (Phi) is 6.23.